The molecule has 3 aromatic carbocycles. The Morgan fingerprint density at radius 3 is 2.37 bits per heavy atom. The number of nitrogens with zero attached hydrogens (tertiary/aromatic N) is 2. The van der Waals surface area contributed by atoms with Crippen molar-refractivity contribution in [1.29, 1.82) is 0 Å². The Hall–Kier alpha value is -4.37. The Morgan fingerprint density at radius 2 is 1.71 bits per heavy atom. The van der Waals surface area contributed by atoms with E-state index in [0.29, 0.717) is 17.2 Å². The van der Waals surface area contributed by atoms with Crippen molar-refractivity contribution < 1.29 is 23.5 Å². The van der Waals surface area contributed by atoms with Crippen LogP contribution in [-0.2, 0) is 11.3 Å². The van der Waals surface area contributed by atoms with Crippen LogP contribution in [0.3, 0.4) is 0 Å². The van der Waals surface area contributed by atoms with Crippen molar-refractivity contribution >= 4 is 39.6 Å². The van der Waals surface area contributed by atoms with E-state index in [4.69, 9.17) is 5.11 Å². The first-order valence-corrected chi connectivity index (χ1v) is 14.3. The van der Waals surface area contributed by atoms with Gasteiger partial charge >= 0.3 is 5.97 Å². The minimum Gasteiger partial charge on any atom is -0.481 e. The third-order valence-electron chi connectivity index (χ3n) is 6.96. The topological polar surface area (TPSA) is 82.5 Å². The van der Waals surface area contributed by atoms with Crippen LogP contribution in [0.2, 0.25) is 0 Å². The number of aliphatic carboxylic acids is 1. The molecule has 4 aromatic rings. The number of carboxylic acid groups (broad SMARTS) is 1. The third-order valence-corrected chi connectivity index (χ3v) is 7.83. The van der Waals surface area contributed by atoms with Crippen LogP contribution in [0.25, 0.3) is 16.8 Å². The molecule has 0 unspecified atom stereocenters. The highest BCUT2D eigenvalue weighted by Gasteiger charge is 2.19. The highest BCUT2D eigenvalue weighted by Crippen LogP contribution is 2.36. The predicted octanol–water partition coefficient (Wildman–Crippen LogP) is 7.59. The summed E-state index contributed by atoms with van der Waals surface area (Å²) in [5.74, 6) is -2.67. The average Bonchev–Trinajstić information content (AvgIpc) is 3.46. The van der Waals surface area contributed by atoms with Crippen LogP contribution in [0.4, 0.5) is 19.6 Å². The molecule has 1 heterocycles. The maximum atomic E-state index is 14.5. The largest absolute Gasteiger partial charge is 0.481 e. The molecule has 0 radical (unpaired) electrons. The standard InChI is InChI=1S/C32H29F2N3O3S/c33-26-7-4-8-27(34)30(26)28-20-41-32(36-28)37(25-15-13-23(14-16-25)22-5-2-1-3-6-22)19-21-9-11-24(12-10-21)31(40)35-18-17-29(38)39/h4-5,7-16,20H,1-3,6,17-19H2,(H,35,40)(H,38,39). The first kappa shape index (κ1) is 28.2. The summed E-state index contributed by atoms with van der Waals surface area (Å²) in [6.07, 6.45) is 6.69. The van der Waals surface area contributed by atoms with Gasteiger partial charge in [0, 0.05) is 23.2 Å². The molecule has 210 valence electrons. The highest BCUT2D eigenvalue weighted by atomic mass is 32.1. The van der Waals surface area contributed by atoms with Crippen molar-refractivity contribution in [3.05, 3.63) is 107 Å². The molecular formula is C32H29F2N3O3S. The molecule has 0 atom stereocenters. The van der Waals surface area contributed by atoms with Crippen LogP contribution < -0.4 is 10.2 Å². The summed E-state index contributed by atoms with van der Waals surface area (Å²) in [6.45, 7) is 0.446. The van der Waals surface area contributed by atoms with Crippen LogP contribution in [0, 0.1) is 11.6 Å². The number of aromatic nitrogens is 1. The van der Waals surface area contributed by atoms with E-state index in [2.05, 4.69) is 28.5 Å². The van der Waals surface area contributed by atoms with Gasteiger partial charge in [0.05, 0.1) is 24.2 Å². The van der Waals surface area contributed by atoms with Gasteiger partial charge in [0.25, 0.3) is 5.91 Å². The second kappa shape index (κ2) is 12.9. The Morgan fingerprint density at radius 1 is 0.976 bits per heavy atom. The smallest absolute Gasteiger partial charge is 0.305 e. The number of carbonyl (C=O) groups is 2. The van der Waals surface area contributed by atoms with E-state index in [1.807, 2.05) is 29.2 Å². The van der Waals surface area contributed by atoms with Crippen molar-refractivity contribution in [2.75, 3.05) is 11.4 Å². The molecule has 5 rings (SSSR count). The van der Waals surface area contributed by atoms with E-state index in [1.54, 1.807) is 17.5 Å². The molecule has 0 saturated heterocycles. The average molecular weight is 574 g/mol. The van der Waals surface area contributed by atoms with Crippen molar-refractivity contribution in [2.45, 2.75) is 38.6 Å². The second-order valence-electron chi connectivity index (χ2n) is 9.82. The number of halogens is 2. The van der Waals surface area contributed by atoms with Gasteiger partial charge in [0.2, 0.25) is 0 Å². The van der Waals surface area contributed by atoms with Gasteiger partial charge < -0.3 is 15.3 Å². The summed E-state index contributed by atoms with van der Waals surface area (Å²) in [6, 6.07) is 19.0. The molecule has 0 aliphatic heterocycles. The molecule has 0 saturated carbocycles. The van der Waals surface area contributed by atoms with Crippen LogP contribution in [-0.4, -0.2) is 28.5 Å². The molecule has 2 N–H and O–H groups in total. The summed E-state index contributed by atoms with van der Waals surface area (Å²) in [5.41, 5.74) is 4.77. The number of anilines is 2. The summed E-state index contributed by atoms with van der Waals surface area (Å²) < 4.78 is 29.0. The Balaban J connectivity index is 1.42. The van der Waals surface area contributed by atoms with Gasteiger partial charge in [-0.25, -0.2) is 13.8 Å². The number of carboxylic acids is 1. The maximum absolute atomic E-state index is 14.5. The molecule has 1 amide bonds. The minimum atomic E-state index is -0.979. The zero-order chi connectivity index (χ0) is 28.8. The van der Waals surface area contributed by atoms with E-state index in [9.17, 15) is 18.4 Å². The molecule has 9 heteroatoms. The normalized spacial score (nSPS) is 13.0. The van der Waals surface area contributed by atoms with Crippen molar-refractivity contribution in [1.82, 2.24) is 10.3 Å². The van der Waals surface area contributed by atoms with Gasteiger partial charge in [-0.05, 0) is 78.8 Å². The second-order valence-corrected chi connectivity index (χ2v) is 10.7. The van der Waals surface area contributed by atoms with E-state index in [1.165, 1.54) is 53.5 Å². The fourth-order valence-electron chi connectivity index (χ4n) is 4.80. The highest BCUT2D eigenvalue weighted by molar-refractivity contribution is 7.14. The summed E-state index contributed by atoms with van der Waals surface area (Å²) >= 11 is 1.29. The number of allylic oxidation sites excluding steroid dienone is 2. The van der Waals surface area contributed by atoms with Gasteiger partial charge in [-0.15, -0.1) is 11.3 Å². The molecule has 1 aliphatic rings. The quantitative estimate of drug-likeness (QED) is 0.204. The summed E-state index contributed by atoms with van der Waals surface area (Å²) in [5, 5.41) is 13.6. The molecule has 0 fully saturated rings. The number of rotatable bonds is 10. The molecule has 0 spiro atoms. The van der Waals surface area contributed by atoms with E-state index < -0.39 is 17.6 Å². The maximum Gasteiger partial charge on any atom is 0.305 e. The first-order valence-electron chi connectivity index (χ1n) is 13.4. The van der Waals surface area contributed by atoms with Crippen molar-refractivity contribution in [2.24, 2.45) is 0 Å². The SMILES string of the molecule is O=C(O)CCNC(=O)c1ccc(CN(c2ccc(C3=CCCCC3)cc2)c2nc(-c3c(F)cccc3F)cs2)cc1. The van der Waals surface area contributed by atoms with Crippen molar-refractivity contribution in [3.63, 3.8) is 0 Å². The number of hydrogen-bond acceptors (Lipinski definition) is 5. The molecule has 1 aromatic heterocycles. The lowest BCUT2D eigenvalue weighted by Crippen LogP contribution is -2.26. The predicted molar refractivity (Wildman–Crippen MR) is 157 cm³/mol. The van der Waals surface area contributed by atoms with Crippen LogP contribution in [0.15, 0.2) is 78.2 Å². The summed E-state index contributed by atoms with van der Waals surface area (Å²) in [7, 11) is 0. The molecule has 6 nitrogen and oxygen atoms in total. The number of nitrogens with one attached hydrogen (secondary N) is 1. The summed E-state index contributed by atoms with van der Waals surface area (Å²) in [4.78, 5) is 29.7. The van der Waals surface area contributed by atoms with Crippen LogP contribution >= 0.6 is 11.3 Å². The molecule has 41 heavy (non-hydrogen) atoms. The minimum absolute atomic E-state index is 0.0472. The number of hydrogen-bond donors (Lipinski definition) is 2. The number of amides is 1. The van der Waals surface area contributed by atoms with Crippen LogP contribution in [0.1, 0.15) is 53.6 Å². The lowest BCUT2D eigenvalue weighted by atomic mass is 9.93. The van der Waals surface area contributed by atoms with Gasteiger partial charge in [-0.1, -0.05) is 36.4 Å². The van der Waals surface area contributed by atoms with E-state index >= 15 is 0 Å². The van der Waals surface area contributed by atoms with Gasteiger partial charge in [-0.3, -0.25) is 9.59 Å². The van der Waals surface area contributed by atoms with Gasteiger partial charge in [0.1, 0.15) is 11.6 Å². The van der Waals surface area contributed by atoms with Crippen molar-refractivity contribution in [3.8, 4) is 11.3 Å². The zero-order valence-corrected chi connectivity index (χ0v) is 23.1. The monoisotopic (exact) mass is 573 g/mol. The lowest BCUT2D eigenvalue weighted by molar-refractivity contribution is -0.136. The Bertz CT molecular complexity index is 1550. The Kier molecular flexibility index (Phi) is 8.84. The Labute approximate surface area is 241 Å². The first-order chi connectivity index (χ1) is 19.9. The fraction of sp³-hybridized carbons (Fsp3) is 0.219. The van der Waals surface area contributed by atoms with Gasteiger partial charge in [-0.2, -0.15) is 0 Å². The lowest BCUT2D eigenvalue weighted by Gasteiger charge is -2.23. The number of thiazole rings is 1. The van der Waals surface area contributed by atoms with Gasteiger partial charge in [0.15, 0.2) is 5.13 Å². The van der Waals surface area contributed by atoms with E-state index in [0.717, 1.165) is 24.1 Å². The van der Waals surface area contributed by atoms with Crippen LogP contribution in [0.5, 0.6) is 0 Å². The number of carbonyl (C=O) groups excluding carboxylic acids is 1. The molecule has 0 bridgehead atoms. The molecule has 1 aliphatic carbocycles. The molecular weight excluding hydrogens is 544 g/mol. The number of benzene rings is 3. The fourth-order valence-corrected chi connectivity index (χ4v) is 5.64. The van der Waals surface area contributed by atoms with E-state index in [-0.39, 0.29) is 30.1 Å². The third kappa shape index (κ3) is 6.86. The zero-order valence-electron chi connectivity index (χ0n) is 22.3.